The predicted octanol–water partition coefficient (Wildman–Crippen LogP) is 2.99. The van der Waals surface area contributed by atoms with Crippen molar-refractivity contribution in [1.82, 2.24) is 10.2 Å². The lowest BCUT2D eigenvalue weighted by Gasteiger charge is -2.13. The lowest BCUT2D eigenvalue weighted by atomic mass is 10.1. The normalized spacial score (nSPS) is 14.6. The molecule has 0 radical (unpaired) electrons. The molecule has 0 unspecified atom stereocenters. The van der Waals surface area contributed by atoms with Crippen LogP contribution in [0.15, 0.2) is 48.2 Å². The number of nitrogens with zero attached hydrogens (tertiary/aromatic N) is 1. The van der Waals surface area contributed by atoms with Crippen molar-refractivity contribution in [2.75, 3.05) is 20.8 Å². The highest BCUT2D eigenvalue weighted by Gasteiger charge is 2.33. The minimum atomic E-state index is -0.572. The predicted molar refractivity (Wildman–Crippen MR) is 109 cm³/mol. The number of benzene rings is 2. The second kappa shape index (κ2) is 9.32. The summed E-state index contributed by atoms with van der Waals surface area (Å²) in [6.45, 7) is -0.177. The lowest BCUT2D eigenvalue weighted by Crippen LogP contribution is -2.30. The molecule has 0 atom stereocenters. The molecule has 1 aliphatic heterocycles. The molecule has 0 aliphatic carbocycles. The third-order valence-corrected chi connectivity index (χ3v) is 4.55. The number of carbonyl (C=O) groups excluding carboxylic acids is 3. The van der Waals surface area contributed by atoms with Gasteiger partial charge in [0.1, 0.15) is 5.70 Å². The average molecular weight is 431 g/mol. The minimum Gasteiger partial charge on any atom is -0.493 e. The van der Waals surface area contributed by atoms with Gasteiger partial charge in [-0.2, -0.15) is 0 Å². The molecular weight excluding hydrogens is 412 g/mol. The van der Waals surface area contributed by atoms with Crippen molar-refractivity contribution in [1.29, 1.82) is 0 Å². The van der Waals surface area contributed by atoms with Crippen LogP contribution in [0.2, 0.25) is 5.02 Å². The molecule has 9 heteroatoms. The smallest absolute Gasteiger partial charge is 0.343 e. The van der Waals surface area contributed by atoms with Gasteiger partial charge in [-0.05, 0) is 29.3 Å². The first kappa shape index (κ1) is 21.2. The van der Waals surface area contributed by atoms with Crippen LogP contribution in [-0.4, -0.2) is 43.6 Å². The SMILES string of the molecule is COC(=O)COc1c(Cl)cc(/C=C2/NC(=O)N(Cc3ccccc3)C2=O)cc1OC. The highest BCUT2D eigenvalue weighted by molar-refractivity contribution is 6.32. The van der Waals surface area contributed by atoms with Crippen LogP contribution in [0.3, 0.4) is 0 Å². The Morgan fingerprint density at radius 1 is 1.17 bits per heavy atom. The first-order valence-electron chi connectivity index (χ1n) is 8.88. The number of rotatable bonds is 7. The molecule has 0 spiro atoms. The first-order chi connectivity index (χ1) is 14.4. The number of esters is 1. The molecule has 1 N–H and O–H groups in total. The number of amides is 3. The molecule has 8 nitrogen and oxygen atoms in total. The zero-order valence-corrected chi connectivity index (χ0v) is 17.1. The topological polar surface area (TPSA) is 94.2 Å². The van der Waals surface area contributed by atoms with Crippen LogP contribution in [0.25, 0.3) is 6.08 Å². The third-order valence-electron chi connectivity index (χ3n) is 4.27. The van der Waals surface area contributed by atoms with E-state index in [-0.39, 0.29) is 35.4 Å². The number of hydrogen-bond acceptors (Lipinski definition) is 6. The molecule has 2 aromatic carbocycles. The molecular formula is C21H19ClN2O6. The summed E-state index contributed by atoms with van der Waals surface area (Å²) in [4.78, 5) is 37.3. The Balaban J connectivity index is 1.82. The van der Waals surface area contributed by atoms with E-state index in [1.165, 1.54) is 26.4 Å². The minimum absolute atomic E-state index is 0.109. The van der Waals surface area contributed by atoms with Gasteiger partial charge in [-0.1, -0.05) is 41.9 Å². The van der Waals surface area contributed by atoms with Crippen molar-refractivity contribution >= 4 is 35.6 Å². The summed E-state index contributed by atoms with van der Waals surface area (Å²) in [7, 11) is 2.66. The van der Waals surface area contributed by atoms with Gasteiger partial charge in [0.2, 0.25) is 0 Å². The zero-order chi connectivity index (χ0) is 21.7. The fraction of sp³-hybridized carbons (Fsp3) is 0.190. The highest BCUT2D eigenvalue weighted by Crippen LogP contribution is 2.37. The van der Waals surface area contributed by atoms with Crippen molar-refractivity contribution in [2.24, 2.45) is 0 Å². The Labute approximate surface area is 178 Å². The fourth-order valence-electron chi connectivity index (χ4n) is 2.80. The highest BCUT2D eigenvalue weighted by atomic mass is 35.5. The summed E-state index contributed by atoms with van der Waals surface area (Å²) >= 11 is 6.26. The van der Waals surface area contributed by atoms with Gasteiger partial charge in [0, 0.05) is 0 Å². The van der Waals surface area contributed by atoms with Crippen LogP contribution in [0.5, 0.6) is 11.5 Å². The fourth-order valence-corrected chi connectivity index (χ4v) is 3.07. The molecule has 3 rings (SSSR count). The monoisotopic (exact) mass is 430 g/mol. The molecule has 2 aromatic rings. The molecule has 156 valence electrons. The van der Waals surface area contributed by atoms with Crippen molar-refractivity contribution in [2.45, 2.75) is 6.54 Å². The lowest BCUT2D eigenvalue weighted by molar-refractivity contribution is -0.142. The number of hydrogen-bond donors (Lipinski definition) is 1. The van der Waals surface area contributed by atoms with E-state index >= 15 is 0 Å². The summed E-state index contributed by atoms with van der Waals surface area (Å²) < 4.78 is 15.2. The number of nitrogens with one attached hydrogen (secondary N) is 1. The van der Waals surface area contributed by atoms with E-state index in [9.17, 15) is 14.4 Å². The first-order valence-corrected chi connectivity index (χ1v) is 9.26. The maximum absolute atomic E-state index is 12.7. The van der Waals surface area contributed by atoms with Crippen LogP contribution in [0, 0.1) is 0 Å². The molecule has 1 fully saturated rings. The van der Waals surface area contributed by atoms with E-state index < -0.39 is 17.9 Å². The molecule has 1 saturated heterocycles. The number of methoxy groups -OCH3 is 2. The number of imide groups is 1. The standard InChI is InChI=1S/C21H19ClN2O6/c1-28-17-10-14(8-15(22)19(17)30-12-18(25)29-2)9-16-20(26)24(21(27)23-16)11-13-6-4-3-5-7-13/h3-10H,11-12H2,1-2H3,(H,23,27)/b16-9+. The second-order valence-corrected chi connectivity index (χ2v) is 6.67. The molecule has 3 amide bonds. The van der Waals surface area contributed by atoms with Gasteiger partial charge >= 0.3 is 12.0 Å². The summed E-state index contributed by atoms with van der Waals surface area (Å²) in [6, 6.07) is 11.8. The van der Waals surface area contributed by atoms with E-state index in [2.05, 4.69) is 10.1 Å². The molecule has 0 aromatic heterocycles. The largest absolute Gasteiger partial charge is 0.493 e. The van der Waals surface area contributed by atoms with E-state index in [1.807, 2.05) is 30.3 Å². The molecule has 0 saturated carbocycles. The van der Waals surface area contributed by atoms with Crippen LogP contribution in [0.1, 0.15) is 11.1 Å². The Morgan fingerprint density at radius 3 is 2.57 bits per heavy atom. The number of halogens is 1. The van der Waals surface area contributed by atoms with Crippen LogP contribution in [-0.2, 0) is 20.9 Å². The molecule has 1 heterocycles. The maximum atomic E-state index is 12.7. The Hall–Kier alpha value is -3.52. The van der Waals surface area contributed by atoms with Crippen molar-refractivity contribution in [3.63, 3.8) is 0 Å². The van der Waals surface area contributed by atoms with Crippen molar-refractivity contribution < 1.29 is 28.6 Å². The maximum Gasteiger partial charge on any atom is 0.343 e. The zero-order valence-electron chi connectivity index (χ0n) is 16.3. The number of carbonyl (C=O) groups is 3. The second-order valence-electron chi connectivity index (χ2n) is 6.26. The third kappa shape index (κ3) is 4.72. The summed E-state index contributed by atoms with van der Waals surface area (Å²) in [5.74, 6) is -0.600. The van der Waals surface area contributed by atoms with Gasteiger partial charge in [0.15, 0.2) is 18.1 Å². The summed E-state index contributed by atoms with van der Waals surface area (Å²) in [5.41, 5.74) is 1.45. The van der Waals surface area contributed by atoms with E-state index in [0.29, 0.717) is 5.56 Å². The van der Waals surface area contributed by atoms with Crippen molar-refractivity contribution in [3.05, 3.63) is 64.3 Å². The Bertz CT molecular complexity index is 1010. The van der Waals surface area contributed by atoms with Crippen molar-refractivity contribution in [3.8, 4) is 11.5 Å². The number of urea groups is 1. The Morgan fingerprint density at radius 2 is 1.90 bits per heavy atom. The molecule has 0 bridgehead atoms. The van der Waals surface area contributed by atoms with Gasteiger partial charge in [-0.25, -0.2) is 9.59 Å². The summed E-state index contributed by atoms with van der Waals surface area (Å²) in [6.07, 6.45) is 1.49. The van der Waals surface area contributed by atoms with E-state index in [1.54, 1.807) is 6.07 Å². The van der Waals surface area contributed by atoms with Crippen LogP contribution >= 0.6 is 11.6 Å². The van der Waals surface area contributed by atoms with E-state index in [4.69, 9.17) is 21.1 Å². The van der Waals surface area contributed by atoms with Gasteiger partial charge in [-0.15, -0.1) is 0 Å². The number of ether oxygens (including phenoxy) is 3. The van der Waals surface area contributed by atoms with Gasteiger partial charge in [-0.3, -0.25) is 9.69 Å². The average Bonchev–Trinajstić information content (AvgIpc) is 3.00. The quantitative estimate of drug-likeness (QED) is 0.412. The van der Waals surface area contributed by atoms with Gasteiger partial charge in [0.05, 0.1) is 25.8 Å². The molecule has 30 heavy (non-hydrogen) atoms. The van der Waals surface area contributed by atoms with Crippen LogP contribution in [0.4, 0.5) is 4.79 Å². The van der Waals surface area contributed by atoms with Gasteiger partial charge < -0.3 is 19.5 Å². The Kier molecular flexibility index (Phi) is 6.58. The van der Waals surface area contributed by atoms with Gasteiger partial charge in [0.25, 0.3) is 5.91 Å². The summed E-state index contributed by atoms with van der Waals surface area (Å²) in [5, 5.41) is 2.73. The van der Waals surface area contributed by atoms with Crippen LogP contribution < -0.4 is 14.8 Å². The molecule has 1 aliphatic rings. The van der Waals surface area contributed by atoms with E-state index in [0.717, 1.165) is 10.5 Å².